The van der Waals surface area contributed by atoms with Crippen molar-refractivity contribution in [3.05, 3.63) is 29.8 Å². The van der Waals surface area contributed by atoms with E-state index in [4.69, 9.17) is 10.8 Å². The molecule has 7 heteroatoms. The fourth-order valence-corrected chi connectivity index (χ4v) is 1.29. The fraction of sp³-hybridized carbons (Fsp3) is 0.182. The van der Waals surface area contributed by atoms with Gasteiger partial charge in [-0.3, -0.25) is 9.59 Å². The Balaban J connectivity index is 2.78. The quantitative estimate of drug-likeness (QED) is 0.558. The fourth-order valence-electron chi connectivity index (χ4n) is 1.29. The lowest BCUT2D eigenvalue weighted by Crippen LogP contribution is -2.43. The first kappa shape index (κ1) is 13.5. The molecule has 1 atom stereocenters. The molecule has 5 N–H and O–H groups in total. The van der Waals surface area contributed by atoms with Crippen LogP contribution < -0.4 is 11.1 Å². The van der Waals surface area contributed by atoms with Crippen molar-refractivity contribution < 1.29 is 24.6 Å². The lowest BCUT2D eigenvalue weighted by atomic mass is 10.1. The number of phenols is 1. The molecule has 0 radical (unpaired) electrons. The first-order valence-electron chi connectivity index (χ1n) is 5.01. The largest absolute Gasteiger partial charge is 0.508 e. The van der Waals surface area contributed by atoms with Gasteiger partial charge in [-0.1, -0.05) is 6.07 Å². The van der Waals surface area contributed by atoms with Gasteiger partial charge in [0.15, 0.2) is 0 Å². The summed E-state index contributed by atoms with van der Waals surface area (Å²) in [6.45, 7) is 0. The van der Waals surface area contributed by atoms with E-state index in [2.05, 4.69) is 5.32 Å². The zero-order valence-corrected chi connectivity index (χ0v) is 9.29. The third-order valence-corrected chi connectivity index (χ3v) is 2.12. The number of nitrogens with two attached hydrogens (primary N) is 1. The van der Waals surface area contributed by atoms with Gasteiger partial charge in [-0.15, -0.1) is 0 Å². The number of primary amides is 1. The molecule has 0 saturated carbocycles. The summed E-state index contributed by atoms with van der Waals surface area (Å²) in [6.07, 6.45) is -0.500. The molecule has 0 saturated heterocycles. The van der Waals surface area contributed by atoms with Gasteiger partial charge in [0.25, 0.3) is 5.91 Å². The number of carboxylic acids is 1. The maximum absolute atomic E-state index is 11.7. The second-order valence-electron chi connectivity index (χ2n) is 3.59. The molecule has 1 rings (SSSR count). The Morgan fingerprint density at radius 3 is 2.50 bits per heavy atom. The number of hydrogen-bond donors (Lipinski definition) is 4. The number of amides is 2. The van der Waals surface area contributed by atoms with Crippen molar-refractivity contribution in [1.82, 2.24) is 5.32 Å². The molecule has 0 aliphatic rings. The minimum Gasteiger partial charge on any atom is -0.508 e. The SMILES string of the molecule is NC(=O)C[C@@H](NC(=O)c1cccc(O)c1)C(=O)O. The highest BCUT2D eigenvalue weighted by atomic mass is 16.4. The van der Waals surface area contributed by atoms with Crippen molar-refractivity contribution in [2.75, 3.05) is 0 Å². The maximum atomic E-state index is 11.7. The third-order valence-electron chi connectivity index (χ3n) is 2.12. The summed E-state index contributed by atoms with van der Waals surface area (Å²) >= 11 is 0. The Bertz CT molecular complexity index is 486. The molecule has 0 aliphatic heterocycles. The maximum Gasteiger partial charge on any atom is 0.326 e. The number of aliphatic carboxylic acids is 1. The molecule has 1 aromatic rings. The standard InChI is InChI=1S/C11H12N2O5/c12-9(15)5-8(11(17)18)13-10(16)6-2-1-3-7(14)4-6/h1-4,8,14H,5H2,(H2,12,15)(H,13,16)(H,17,18)/t8-/m1/s1. The van der Waals surface area contributed by atoms with Crippen LogP contribution in [0.2, 0.25) is 0 Å². The van der Waals surface area contributed by atoms with Crippen LogP contribution in [0.3, 0.4) is 0 Å². The van der Waals surface area contributed by atoms with Gasteiger partial charge in [-0.05, 0) is 18.2 Å². The number of carboxylic acid groups (broad SMARTS) is 1. The number of rotatable bonds is 5. The third kappa shape index (κ3) is 3.78. The van der Waals surface area contributed by atoms with E-state index in [1.165, 1.54) is 24.3 Å². The number of phenolic OH excluding ortho intramolecular Hbond substituents is 1. The molecule has 0 spiro atoms. The van der Waals surface area contributed by atoms with Crippen LogP contribution >= 0.6 is 0 Å². The zero-order valence-electron chi connectivity index (χ0n) is 9.29. The van der Waals surface area contributed by atoms with Crippen LogP contribution in [0.15, 0.2) is 24.3 Å². The Hall–Kier alpha value is -2.57. The molecule has 0 unspecified atom stereocenters. The molecule has 0 fully saturated rings. The van der Waals surface area contributed by atoms with Crippen LogP contribution in [0.1, 0.15) is 16.8 Å². The van der Waals surface area contributed by atoms with Crippen LogP contribution in [-0.4, -0.2) is 34.0 Å². The van der Waals surface area contributed by atoms with Crippen molar-refractivity contribution >= 4 is 17.8 Å². The molecular formula is C11H12N2O5. The summed E-state index contributed by atoms with van der Waals surface area (Å²) in [5.74, 6) is -3.02. The highest BCUT2D eigenvalue weighted by Crippen LogP contribution is 2.11. The van der Waals surface area contributed by atoms with Crippen molar-refractivity contribution in [1.29, 1.82) is 0 Å². The average Bonchev–Trinajstić information content (AvgIpc) is 2.27. The van der Waals surface area contributed by atoms with Gasteiger partial charge in [-0.25, -0.2) is 4.79 Å². The van der Waals surface area contributed by atoms with E-state index in [9.17, 15) is 19.5 Å². The predicted octanol–water partition coefficient (Wildman–Crippen LogP) is -0.549. The van der Waals surface area contributed by atoms with Crippen molar-refractivity contribution in [2.24, 2.45) is 5.73 Å². The van der Waals surface area contributed by atoms with Crippen LogP contribution in [0.5, 0.6) is 5.75 Å². The summed E-state index contributed by atoms with van der Waals surface area (Å²) in [5, 5.41) is 20.1. The van der Waals surface area contributed by atoms with Gasteiger partial charge in [0.2, 0.25) is 5.91 Å². The highest BCUT2D eigenvalue weighted by molar-refractivity contribution is 5.97. The average molecular weight is 252 g/mol. The number of aromatic hydroxyl groups is 1. The summed E-state index contributed by atoms with van der Waals surface area (Å²) in [6, 6.07) is 4.00. The van der Waals surface area contributed by atoms with Crippen molar-refractivity contribution in [3.8, 4) is 5.75 Å². The van der Waals surface area contributed by atoms with Crippen molar-refractivity contribution in [2.45, 2.75) is 12.5 Å². The molecule has 0 aromatic heterocycles. The van der Waals surface area contributed by atoms with E-state index in [-0.39, 0.29) is 11.3 Å². The molecule has 0 aliphatic carbocycles. The molecule has 0 bridgehead atoms. The normalized spacial score (nSPS) is 11.6. The first-order valence-corrected chi connectivity index (χ1v) is 5.01. The first-order chi connectivity index (χ1) is 8.40. The molecule has 7 nitrogen and oxygen atoms in total. The summed E-state index contributed by atoms with van der Waals surface area (Å²) in [5.41, 5.74) is 4.96. The second kappa shape index (κ2) is 5.67. The van der Waals surface area contributed by atoms with E-state index >= 15 is 0 Å². The number of hydrogen-bond acceptors (Lipinski definition) is 4. The molecule has 96 valence electrons. The topological polar surface area (TPSA) is 130 Å². The van der Waals surface area contributed by atoms with Gasteiger partial charge < -0.3 is 21.3 Å². The number of carbonyl (C=O) groups is 3. The summed E-state index contributed by atoms with van der Waals surface area (Å²) < 4.78 is 0. The monoisotopic (exact) mass is 252 g/mol. The van der Waals surface area contributed by atoms with Gasteiger partial charge in [0.1, 0.15) is 11.8 Å². The zero-order chi connectivity index (χ0) is 13.7. The minimum absolute atomic E-state index is 0.0886. The predicted molar refractivity (Wildman–Crippen MR) is 60.8 cm³/mol. The minimum atomic E-state index is -1.39. The number of benzene rings is 1. The second-order valence-corrected chi connectivity index (χ2v) is 3.59. The van der Waals surface area contributed by atoms with E-state index in [1.807, 2.05) is 0 Å². The van der Waals surface area contributed by atoms with E-state index in [1.54, 1.807) is 0 Å². The van der Waals surface area contributed by atoms with Crippen LogP contribution in [0.25, 0.3) is 0 Å². The molecule has 1 aromatic carbocycles. The Morgan fingerprint density at radius 2 is 2.00 bits per heavy atom. The lowest BCUT2D eigenvalue weighted by Gasteiger charge is -2.12. The Morgan fingerprint density at radius 1 is 1.33 bits per heavy atom. The highest BCUT2D eigenvalue weighted by Gasteiger charge is 2.22. The van der Waals surface area contributed by atoms with Crippen molar-refractivity contribution in [3.63, 3.8) is 0 Å². The lowest BCUT2D eigenvalue weighted by molar-refractivity contribution is -0.140. The van der Waals surface area contributed by atoms with Gasteiger partial charge >= 0.3 is 5.97 Å². The Kier molecular flexibility index (Phi) is 4.25. The van der Waals surface area contributed by atoms with E-state index < -0.39 is 30.2 Å². The van der Waals surface area contributed by atoms with Gasteiger partial charge in [0, 0.05) is 5.56 Å². The molecular weight excluding hydrogens is 240 g/mol. The molecule has 2 amide bonds. The van der Waals surface area contributed by atoms with Gasteiger partial charge in [-0.2, -0.15) is 0 Å². The van der Waals surface area contributed by atoms with E-state index in [0.717, 1.165) is 0 Å². The van der Waals surface area contributed by atoms with Gasteiger partial charge in [0.05, 0.1) is 6.42 Å². The van der Waals surface area contributed by atoms with Crippen LogP contribution in [0.4, 0.5) is 0 Å². The summed E-state index contributed by atoms with van der Waals surface area (Å²) in [4.78, 5) is 33.1. The Labute approximate surface area is 102 Å². The smallest absolute Gasteiger partial charge is 0.326 e. The van der Waals surface area contributed by atoms with Crippen LogP contribution in [-0.2, 0) is 9.59 Å². The number of carbonyl (C=O) groups excluding carboxylic acids is 2. The number of nitrogens with one attached hydrogen (secondary N) is 1. The molecule has 18 heavy (non-hydrogen) atoms. The molecule has 0 heterocycles. The van der Waals surface area contributed by atoms with Crippen LogP contribution in [0, 0.1) is 0 Å². The van der Waals surface area contributed by atoms with E-state index in [0.29, 0.717) is 0 Å². The summed E-state index contributed by atoms with van der Waals surface area (Å²) in [7, 11) is 0.